The van der Waals surface area contributed by atoms with Gasteiger partial charge in [0.15, 0.2) is 0 Å². The molecule has 1 fully saturated rings. The highest BCUT2D eigenvalue weighted by Gasteiger charge is 2.24. The minimum Gasteiger partial charge on any atom is -0.478 e. The molecule has 0 aromatic heterocycles. The maximum atomic E-state index is 13.7. The number of urea groups is 1. The largest absolute Gasteiger partial charge is 0.478 e. The van der Waals surface area contributed by atoms with Crippen molar-refractivity contribution in [2.24, 2.45) is 5.73 Å². The number of carboxylic acids is 1. The summed E-state index contributed by atoms with van der Waals surface area (Å²) in [5.41, 5.74) is 5.28. The van der Waals surface area contributed by atoms with Crippen molar-refractivity contribution in [3.8, 4) is 0 Å². The van der Waals surface area contributed by atoms with Gasteiger partial charge in [-0.2, -0.15) is 0 Å². The van der Waals surface area contributed by atoms with E-state index in [4.69, 9.17) is 10.8 Å². The molecule has 0 heterocycles. The highest BCUT2D eigenvalue weighted by molar-refractivity contribution is 6.00. The van der Waals surface area contributed by atoms with E-state index >= 15 is 0 Å². The predicted molar refractivity (Wildman–Crippen MR) is 75.7 cm³/mol. The molecule has 0 aliphatic heterocycles. The fourth-order valence-corrected chi connectivity index (χ4v) is 2.49. The van der Waals surface area contributed by atoms with Crippen molar-refractivity contribution >= 4 is 17.7 Å². The number of nitrogens with two attached hydrogens (primary N) is 1. The number of para-hydroxylation sites is 1. The maximum absolute atomic E-state index is 13.7. The summed E-state index contributed by atoms with van der Waals surface area (Å²) in [5.74, 6) is -2.10. The second-order valence-electron chi connectivity index (χ2n) is 5.12. The van der Waals surface area contributed by atoms with E-state index in [9.17, 15) is 14.0 Å². The van der Waals surface area contributed by atoms with Gasteiger partial charge in [0.25, 0.3) is 0 Å². The van der Waals surface area contributed by atoms with Crippen LogP contribution in [0.25, 0.3) is 0 Å². The Morgan fingerprint density at radius 3 is 2.67 bits per heavy atom. The Kier molecular flexibility index (Phi) is 4.74. The zero-order valence-corrected chi connectivity index (χ0v) is 11.4. The molecule has 7 heteroatoms. The summed E-state index contributed by atoms with van der Waals surface area (Å²) in [4.78, 5) is 23.0. The number of anilines is 1. The number of benzene rings is 1. The minimum atomic E-state index is -1.31. The average Bonchev–Trinajstić information content (AvgIpc) is 2.43. The molecule has 114 valence electrons. The van der Waals surface area contributed by atoms with E-state index in [1.165, 1.54) is 12.1 Å². The number of carboxylic acid groups (broad SMARTS) is 1. The van der Waals surface area contributed by atoms with Gasteiger partial charge >= 0.3 is 12.0 Å². The van der Waals surface area contributed by atoms with Crippen molar-refractivity contribution in [2.75, 3.05) is 5.32 Å². The minimum absolute atomic E-state index is 0.135. The molecular weight excluding hydrogens is 277 g/mol. The lowest BCUT2D eigenvalue weighted by atomic mass is 9.91. The van der Waals surface area contributed by atoms with Crippen LogP contribution in [0, 0.1) is 5.82 Å². The van der Waals surface area contributed by atoms with Gasteiger partial charge in [-0.25, -0.2) is 14.0 Å². The molecule has 0 radical (unpaired) electrons. The molecule has 0 spiro atoms. The van der Waals surface area contributed by atoms with Gasteiger partial charge in [-0.05, 0) is 25.0 Å². The van der Waals surface area contributed by atoms with Crippen molar-refractivity contribution in [3.63, 3.8) is 0 Å². The molecule has 5 N–H and O–H groups in total. The second kappa shape index (κ2) is 6.53. The topological polar surface area (TPSA) is 104 Å². The monoisotopic (exact) mass is 295 g/mol. The van der Waals surface area contributed by atoms with E-state index in [2.05, 4.69) is 10.6 Å². The highest BCUT2D eigenvalue weighted by atomic mass is 19.1. The van der Waals surface area contributed by atoms with Gasteiger partial charge in [-0.15, -0.1) is 0 Å². The lowest BCUT2D eigenvalue weighted by Crippen LogP contribution is -2.50. The molecule has 1 aromatic carbocycles. The molecule has 0 saturated heterocycles. The van der Waals surface area contributed by atoms with Crippen molar-refractivity contribution in [3.05, 3.63) is 29.6 Å². The number of carbonyl (C=O) groups is 2. The SMILES string of the molecule is NC1CCCCC1NC(=O)Nc1c(F)cccc1C(=O)O. The number of halogens is 1. The zero-order chi connectivity index (χ0) is 15.4. The van der Waals surface area contributed by atoms with E-state index in [1.807, 2.05) is 0 Å². The Bertz CT molecular complexity index is 550. The number of carbonyl (C=O) groups excluding carboxylic acids is 1. The van der Waals surface area contributed by atoms with Gasteiger partial charge in [0.05, 0.1) is 11.3 Å². The van der Waals surface area contributed by atoms with Crippen LogP contribution in [0.4, 0.5) is 14.9 Å². The third-order valence-corrected chi connectivity index (χ3v) is 3.62. The molecule has 21 heavy (non-hydrogen) atoms. The first kappa shape index (κ1) is 15.2. The van der Waals surface area contributed by atoms with Crippen LogP contribution in [0.3, 0.4) is 0 Å². The number of rotatable bonds is 3. The molecular formula is C14H18FN3O3. The van der Waals surface area contributed by atoms with E-state index in [1.54, 1.807) is 0 Å². The van der Waals surface area contributed by atoms with Crippen molar-refractivity contribution < 1.29 is 19.1 Å². The molecule has 2 unspecified atom stereocenters. The van der Waals surface area contributed by atoms with Crippen LogP contribution in [0.2, 0.25) is 0 Å². The quantitative estimate of drug-likeness (QED) is 0.683. The van der Waals surface area contributed by atoms with Gasteiger partial charge < -0.3 is 21.5 Å². The first-order valence-corrected chi connectivity index (χ1v) is 6.84. The van der Waals surface area contributed by atoms with Crippen LogP contribution < -0.4 is 16.4 Å². The third kappa shape index (κ3) is 3.69. The smallest absolute Gasteiger partial charge is 0.337 e. The fraction of sp³-hybridized carbons (Fsp3) is 0.429. The zero-order valence-electron chi connectivity index (χ0n) is 11.4. The summed E-state index contributed by atoms with van der Waals surface area (Å²) >= 11 is 0. The molecule has 2 amide bonds. The number of amides is 2. The Labute approximate surface area is 121 Å². The normalized spacial score (nSPS) is 21.6. The van der Waals surface area contributed by atoms with Crippen LogP contribution in [-0.4, -0.2) is 29.2 Å². The summed E-state index contributed by atoms with van der Waals surface area (Å²) in [6, 6.07) is 2.63. The molecule has 1 aliphatic carbocycles. The van der Waals surface area contributed by atoms with Gasteiger partial charge in [0, 0.05) is 12.1 Å². The summed E-state index contributed by atoms with van der Waals surface area (Å²) in [6.45, 7) is 0. The maximum Gasteiger partial charge on any atom is 0.337 e. The predicted octanol–water partition coefficient (Wildman–Crippen LogP) is 1.92. The molecule has 1 aromatic rings. The molecule has 0 bridgehead atoms. The third-order valence-electron chi connectivity index (χ3n) is 3.62. The number of hydrogen-bond acceptors (Lipinski definition) is 3. The molecule has 1 saturated carbocycles. The van der Waals surface area contributed by atoms with E-state index in [-0.39, 0.29) is 23.3 Å². The standard InChI is InChI=1S/C14H18FN3O3/c15-9-5-3-4-8(13(19)20)12(9)18-14(21)17-11-7-2-1-6-10(11)16/h3-5,10-11H,1-2,6-7,16H2,(H,19,20)(H2,17,18,21). The van der Waals surface area contributed by atoms with Crippen LogP contribution in [-0.2, 0) is 0 Å². The van der Waals surface area contributed by atoms with E-state index in [0.717, 1.165) is 31.7 Å². The second-order valence-corrected chi connectivity index (χ2v) is 5.12. The Morgan fingerprint density at radius 1 is 1.29 bits per heavy atom. The van der Waals surface area contributed by atoms with E-state index < -0.39 is 17.8 Å². The molecule has 1 aliphatic rings. The Morgan fingerprint density at radius 2 is 2.00 bits per heavy atom. The molecule has 2 atom stereocenters. The first-order chi connectivity index (χ1) is 9.99. The number of hydrogen-bond donors (Lipinski definition) is 4. The van der Waals surface area contributed by atoms with Crippen LogP contribution >= 0.6 is 0 Å². The summed E-state index contributed by atoms with van der Waals surface area (Å²) in [6.07, 6.45) is 3.58. The van der Waals surface area contributed by atoms with Crippen molar-refractivity contribution in [1.82, 2.24) is 5.32 Å². The summed E-state index contributed by atoms with van der Waals surface area (Å²) in [5, 5.41) is 14.0. The average molecular weight is 295 g/mol. The van der Waals surface area contributed by atoms with Gasteiger partial charge in [0.2, 0.25) is 0 Å². The Hall–Kier alpha value is -2.15. The number of nitrogens with one attached hydrogen (secondary N) is 2. The lowest BCUT2D eigenvalue weighted by Gasteiger charge is -2.29. The van der Waals surface area contributed by atoms with Crippen LogP contribution in [0.5, 0.6) is 0 Å². The van der Waals surface area contributed by atoms with Crippen LogP contribution in [0.15, 0.2) is 18.2 Å². The van der Waals surface area contributed by atoms with Gasteiger partial charge in [-0.3, -0.25) is 0 Å². The van der Waals surface area contributed by atoms with Crippen molar-refractivity contribution in [1.29, 1.82) is 0 Å². The van der Waals surface area contributed by atoms with Gasteiger partial charge in [0.1, 0.15) is 5.82 Å². The van der Waals surface area contributed by atoms with Gasteiger partial charge in [-0.1, -0.05) is 18.9 Å². The molecule has 2 rings (SSSR count). The number of aromatic carboxylic acids is 1. The van der Waals surface area contributed by atoms with E-state index in [0.29, 0.717) is 0 Å². The highest BCUT2D eigenvalue weighted by Crippen LogP contribution is 2.21. The molecule has 6 nitrogen and oxygen atoms in total. The van der Waals surface area contributed by atoms with Crippen LogP contribution in [0.1, 0.15) is 36.0 Å². The lowest BCUT2D eigenvalue weighted by molar-refractivity contribution is 0.0697. The van der Waals surface area contributed by atoms with Crippen molar-refractivity contribution in [2.45, 2.75) is 37.8 Å². The fourth-order valence-electron chi connectivity index (χ4n) is 2.49. The summed E-state index contributed by atoms with van der Waals surface area (Å²) in [7, 11) is 0. The first-order valence-electron chi connectivity index (χ1n) is 6.84. The Balaban J connectivity index is 2.07. The summed E-state index contributed by atoms with van der Waals surface area (Å²) < 4.78 is 13.7.